The van der Waals surface area contributed by atoms with Crippen molar-refractivity contribution in [1.29, 1.82) is 0 Å². The predicted molar refractivity (Wildman–Crippen MR) is 95.2 cm³/mol. The Morgan fingerprint density at radius 2 is 1.91 bits per heavy atom. The van der Waals surface area contributed by atoms with Crippen LogP contribution in [0.4, 0.5) is 5.69 Å². The number of H-pyrrole nitrogens is 1. The van der Waals surface area contributed by atoms with Gasteiger partial charge >= 0.3 is 0 Å². The second kappa shape index (κ2) is 4.98. The first kappa shape index (κ1) is 12.9. The van der Waals surface area contributed by atoms with Crippen molar-refractivity contribution in [3.63, 3.8) is 0 Å². The van der Waals surface area contributed by atoms with Crippen LogP contribution in [-0.4, -0.2) is 17.4 Å². The summed E-state index contributed by atoms with van der Waals surface area (Å²) in [5, 5.41) is 1.33. The Labute approximate surface area is 135 Å². The molecule has 0 radical (unpaired) electrons. The van der Waals surface area contributed by atoms with Crippen molar-refractivity contribution in [2.24, 2.45) is 4.99 Å². The van der Waals surface area contributed by atoms with Gasteiger partial charge in [-0.15, -0.1) is 0 Å². The molecule has 23 heavy (non-hydrogen) atoms. The minimum atomic E-state index is 0.348. The molecule has 1 unspecified atom stereocenters. The molecule has 3 aromatic rings. The van der Waals surface area contributed by atoms with Crippen LogP contribution in [0.1, 0.15) is 30.0 Å². The van der Waals surface area contributed by atoms with Gasteiger partial charge in [0, 0.05) is 41.3 Å². The molecule has 0 bridgehead atoms. The first-order valence-corrected chi connectivity index (χ1v) is 8.38. The molecule has 0 amide bonds. The van der Waals surface area contributed by atoms with Gasteiger partial charge in [0.1, 0.15) is 5.84 Å². The Morgan fingerprint density at radius 3 is 2.83 bits per heavy atom. The standard InChI is InChI=1S/C20H19N3/c1-4-9-18-14(6-1)12-19(23(18)20-10-5-11-21-20)16-13-22-17-8-3-2-7-15(16)17/h1-4,6-9,13,19,22H,5,10-12H2. The van der Waals surface area contributed by atoms with E-state index in [0.29, 0.717) is 6.04 Å². The second-order valence-corrected chi connectivity index (χ2v) is 6.41. The molecule has 3 heterocycles. The van der Waals surface area contributed by atoms with Crippen molar-refractivity contribution in [1.82, 2.24) is 4.98 Å². The quantitative estimate of drug-likeness (QED) is 0.706. The van der Waals surface area contributed by atoms with Crippen molar-refractivity contribution in [2.45, 2.75) is 25.3 Å². The van der Waals surface area contributed by atoms with Crippen molar-refractivity contribution in [3.05, 3.63) is 65.9 Å². The van der Waals surface area contributed by atoms with E-state index in [1.54, 1.807) is 0 Å². The maximum Gasteiger partial charge on any atom is 0.104 e. The van der Waals surface area contributed by atoms with Crippen LogP contribution in [0, 0.1) is 0 Å². The number of hydrogen-bond donors (Lipinski definition) is 1. The average Bonchev–Trinajstić information content (AvgIpc) is 3.31. The highest BCUT2D eigenvalue weighted by atomic mass is 15.2. The Kier molecular flexibility index (Phi) is 2.80. The van der Waals surface area contributed by atoms with E-state index in [9.17, 15) is 0 Å². The maximum absolute atomic E-state index is 4.79. The molecule has 2 aromatic carbocycles. The van der Waals surface area contributed by atoms with Crippen LogP contribution in [0.15, 0.2) is 59.7 Å². The third-order valence-electron chi connectivity index (χ3n) is 5.09. The number of anilines is 1. The molecule has 0 saturated heterocycles. The molecule has 0 spiro atoms. The van der Waals surface area contributed by atoms with E-state index >= 15 is 0 Å². The Balaban J connectivity index is 1.67. The summed E-state index contributed by atoms with van der Waals surface area (Å²) in [5.41, 5.74) is 5.36. The second-order valence-electron chi connectivity index (χ2n) is 6.41. The van der Waals surface area contributed by atoms with E-state index in [1.807, 2.05) is 0 Å². The number of hydrogen-bond acceptors (Lipinski definition) is 2. The van der Waals surface area contributed by atoms with Crippen LogP contribution >= 0.6 is 0 Å². The van der Waals surface area contributed by atoms with Gasteiger partial charge < -0.3 is 9.88 Å². The molecule has 2 aliphatic rings. The van der Waals surface area contributed by atoms with E-state index < -0.39 is 0 Å². The van der Waals surface area contributed by atoms with Gasteiger partial charge in [0.15, 0.2) is 0 Å². The Bertz CT molecular complexity index is 906. The Morgan fingerprint density at radius 1 is 1.04 bits per heavy atom. The van der Waals surface area contributed by atoms with Crippen molar-refractivity contribution < 1.29 is 0 Å². The van der Waals surface area contributed by atoms with Crippen LogP contribution in [0.2, 0.25) is 0 Å². The summed E-state index contributed by atoms with van der Waals surface area (Å²) in [7, 11) is 0. The molecule has 5 rings (SSSR count). The minimum absolute atomic E-state index is 0.348. The summed E-state index contributed by atoms with van der Waals surface area (Å²) in [6.45, 7) is 0.967. The number of nitrogens with one attached hydrogen (secondary N) is 1. The van der Waals surface area contributed by atoms with Gasteiger partial charge in [-0.1, -0.05) is 36.4 Å². The average molecular weight is 301 g/mol. The van der Waals surface area contributed by atoms with Crippen LogP contribution < -0.4 is 4.90 Å². The third-order valence-corrected chi connectivity index (χ3v) is 5.09. The monoisotopic (exact) mass is 301 g/mol. The lowest BCUT2D eigenvalue weighted by molar-refractivity contribution is 0.757. The third kappa shape index (κ3) is 1.93. The Hall–Kier alpha value is -2.55. The number of aliphatic imine (C=N–C) groups is 1. The molecule has 2 aliphatic heterocycles. The van der Waals surface area contributed by atoms with E-state index in [0.717, 1.165) is 19.4 Å². The number of aromatic nitrogens is 1. The van der Waals surface area contributed by atoms with Crippen molar-refractivity contribution >= 4 is 22.4 Å². The summed E-state index contributed by atoms with van der Waals surface area (Å²) in [6.07, 6.45) is 5.50. The largest absolute Gasteiger partial charge is 0.361 e. The normalized spacial score (nSPS) is 20.1. The minimum Gasteiger partial charge on any atom is -0.361 e. The van der Waals surface area contributed by atoms with E-state index in [-0.39, 0.29) is 0 Å². The summed E-state index contributed by atoms with van der Waals surface area (Å²) < 4.78 is 0. The van der Waals surface area contributed by atoms with Gasteiger partial charge in [-0.25, -0.2) is 0 Å². The van der Waals surface area contributed by atoms with E-state index in [1.165, 1.54) is 40.0 Å². The molecule has 0 saturated carbocycles. The molecule has 0 aliphatic carbocycles. The summed E-state index contributed by atoms with van der Waals surface area (Å²) in [5.74, 6) is 1.25. The fraction of sp³-hybridized carbons (Fsp3) is 0.250. The van der Waals surface area contributed by atoms with E-state index in [2.05, 4.69) is 64.6 Å². The fourth-order valence-electron chi connectivity index (χ4n) is 4.04. The molecule has 3 heteroatoms. The number of rotatable bonds is 1. The number of nitrogens with zero attached hydrogens (tertiary/aromatic N) is 2. The highest BCUT2D eigenvalue weighted by Gasteiger charge is 2.35. The van der Waals surface area contributed by atoms with Crippen molar-refractivity contribution in [3.8, 4) is 0 Å². The summed E-state index contributed by atoms with van der Waals surface area (Å²) >= 11 is 0. The zero-order chi connectivity index (χ0) is 15.2. The fourth-order valence-corrected chi connectivity index (χ4v) is 4.04. The summed E-state index contributed by atoms with van der Waals surface area (Å²) in [6, 6.07) is 17.7. The molecular weight excluding hydrogens is 282 g/mol. The molecule has 1 N–H and O–H groups in total. The first-order chi connectivity index (χ1) is 11.4. The number of benzene rings is 2. The lowest BCUT2D eigenvalue weighted by Gasteiger charge is -2.27. The molecule has 0 fully saturated rings. The zero-order valence-electron chi connectivity index (χ0n) is 13.0. The van der Waals surface area contributed by atoms with Crippen LogP contribution in [0.25, 0.3) is 10.9 Å². The molecule has 1 atom stereocenters. The number of fused-ring (bicyclic) bond motifs is 2. The first-order valence-electron chi connectivity index (χ1n) is 8.38. The number of amidine groups is 1. The molecule has 1 aromatic heterocycles. The maximum atomic E-state index is 4.79. The predicted octanol–water partition coefficient (Wildman–Crippen LogP) is 4.46. The topological polar surface area (TPSA) is 31.4 Å². The van der Waals surface area contributed by atoms with Crippen LogP contribution in [0.3, 0.4) is 0 Å². The van der Waals surface area contributed by atoms with Gasteiger partial charge in [0.25, 0.3) is 0 Å². The SMILES string of the molecule is c1ccc2c(c1)CC(c1c[nH]c3ccccc13)N2C1=NCCC1. The highest BCUT2D eigenvalue weighted by Crippen LogP contribution is 2.43. The summed E-state index contributed by atoms with van der Waals surface area (Å²) in [4.78, 5) is 10.7. The smallest absolute Gasteiger partial charge is 0.104 e. The number of para-hydroxylation sites is 2. The lowest BCUT2D eigenvalue weighted by atomic mass is 10.0. The van der Waals surface area contributed by atoms with Crippen molar-refractivity contribution in [2.75, 3.05) is 11.4 Å². The van der Waals surface area contributed by atoms with Gasteiger partial charge in [-0.3, -0.25) is 4.99 Å². The molecule has 114 valence electrons. The lowest BCUT2D eigenvalue weighted by Crippen LogP contribution is -2.30. The zero-order valence-corrected chi connectivity index (χ0v) is 13.0. The molecule has 3 nitrogen and oxygen atoms in total. The highest BCUT2D eigenvalue weighted by molar-refractivity contribution is 6.02. The van der Waals surface area contributed by atoms with Crippen LogP contribution in [-0.2, 0) is 6.42 Å². The van der Waals surface area contributed by atoms with E-state index in [4.69, 9.17) is 4.99 Å². The molecular formula is C20H19N3. The van der Waals surface area contributed by atoms with Gasteiger partial charge in [-0.05, 0) is 30.5 Å². The van der Waals surface area contributed by atoms with Crippen LogP contribution in [0.5, 0.6) is 0 Å². The number of aromatic amines is 1. The van der Waals surface area contributed by atoms with Gasteiger partial charge in [0.05, 0.1) is 6.04 Å². The van der Waals surface area contributed by atoms with Gasteiger partial charge in [0.2, 0.25) is 0 Å². The van der Waals surface area contributed by atoms with Gasteiger partial charge in [-0.2, -0.15) is 0 Å².